The van der Waals surface area contributed by atoms with Crippen LogP contribution < -0.4 is 0 Å². The van der Waals surface area contributed by atoms with Crippen molar-refractivity contribution >= 4 is 18.0 Å². The minimum Gasteiger partial charge on any atom is -0.303 e. The molecule has 2 rings (SSSR count). The molecule has 1 aliphatic carbocycles. The molecule has 1 saturated carbocycles. The Kier molecular flexibility index (Phi) is 4.66. The fraction of sp³-hybridized carbons (Fsp3) is 0.533. The maximum absolute atomic E-state index is 10.9. The van der Waals surface area contributed by atoms with Crippen molar-refractivity contribution in [1.29, 1.82) is 0 Å². The third-order valence-corrected chi connectivity index (χ3v) is 5.27. The highest BCUT2D eigenvalue weighted by Crippen LogP contribution is 2.43. The van der Waals surface area contributed by atoms with Crippen molar-refractivity contribution in [3.63, 3.8) is 0 Å². The number of hydrogen-bond acceptors (Lipinski definition) is 2. The molecule has 0 saturated heterocycles. The summed E-state index contributed by atoms with van der Waals surface area (Å²) in [5.41, 5.74) is 1.37. The molecule has 17 heavy (non-hydrogen) atoms. The van der Waals surface area contributed by atoms with Gasteiger partial charge < -0.3 is 4.79 Å². The number of carbonyl (C=O) groups is 1. The Morgan fingerprint density at radius 1 is 1.12 bits per heavy atom. The zero-order valence-electron chi connectivity index (χ0n) is 10.2. The zero-order valence-corrected chi connectivity index (χ0v) is 11.0. The summed E-state index contributed by atoms with van der Waals surface area (Å²) >= 11 is 1.99. The highest BCUT2D eigenvalue weighted by Gasteiger charge is 2.31. The van der Waals surface area contributed by atoms with Crippen molar-refractivity contribution in [2.45, 2.75) is 49.0 Å². The molecule has 1 fully saturated rings. The van der Waals surface area contributed by atoms with Gasteiger partial charge in [0.05, 0.1) is 0 Å². The quantitative estimate of drug-likeness (QED) is 0.726. The van der Waals surface area contributed by atoms with Crippen molar-refractivity contribution in [1.82, 2.24) is 0 Å². The van der Waals surface area contributed by atoms with E-state index in [2.05, 4.69) is 30.3 Å². The number of aldehydes is 1. The summed E-state index contributed by atoms with van der Waals surface area (Å²) in [7, 11) is 0. The van der Waals surface area contributed by atoms with Gasteiger partial charge in [0.25, 0.3) is 0 Å². The number of benzene rings is 1. The molecule has 0 aliphatic heterocycles. The minimum absolute atomic E-state index is 0.232. The Morgan fingerprint density at radius 2 is 1.82 bits per heavy atom. The van der Waals surface area contributed by atoms with E-state index in [1.165, 1.54) is 37.7 Å². The maximum Gasteiger partial charge on any atom is 0.121 e. The first-order chi connectivity index (χ1) is 8.35. The van der Waals surface area contributed by atoms with Crippen LogP contribution in [0.25, 0.3) is 0 Å². The van der Waals surface area contributed by atoms with Gasteiger partial charge in [0, 0.05) is 16.9 Å². The average Bonchev–Trinajstić information content (AvgIpc) is 2.39. The molecule has 2 heteroatoms. The Balaban J connectivity index is 1.95. The second-order valence-corrected chi connectivity index (χ2v) is 6.33. The summed E-state index contributed by atoms with van der Waals surface area (Å²) in [6.45, 7) is 0. The van der Waals surface area contributed by atoms with Gasteiger partial charge in [0.2, 0.25) is 0 Å². The second-order valence-electron chi connectivity index (χ2n) is 4.89. The van der Waals surface area contributed by atoms with Crippen LogP contribution in [-0.2, 0) is 10.5 Å². The van der Waals surface area contributed by atoms with Crippen molar-refractivity contribution in [3.05, 3.63) is 35.9 Å². The van der Waals surface area contributed by atoms with Crippen LogP contribution in [0.5, 0.6) is 0 Å². The van der Waals surface area contributed by atoms with E-state index < -0.39 is 0 Å². The molecule has 1 aromatic carbocycles. The van der Waals surface area contributed by atoms with E-state index in [0.29, 0.717) is 0 Å². The topological polar surface area (TPSA) is 17.1 Å². The third kappa shape index (κ3) is 3.60. The molecule has 0 aromatic heterocycles. The van der Waals surface area contributed by atoms with Crippen LogP contribution >= 0.6 is 11.8 Å². The summed E-state index contributed by atoms with van der Waals surface area (Å²) < 4.78 is 0.232. The molecular formula is C15H20OS. The summed E-state index contributed by atoms with van der Waals surface area (Å²) in [6.07, 6.45) is 8.18. The largest absolute Gasteiger partial charge is 0.303 e. The second kappa shape index (κ2) is 6.25. The van der Waals surface area contributed by atoms with E-state index in [9.17, 15) is 4.79 Å². The molecule has 0 bridgehead atoms. The summed E-state index contributed by atoms with van der Waals surface area (Å²) in [6, 6.07) is 10.6. The van der Waals surface area contributed by atoms with Crippen LogP contribution in [0.15, 0.2) is 30.3 Å². The number of carbonyl (C=O) groups excluding carboxylic acids is 1. The van der Waals surface area contributed by atoms with E-state index >= 15 is 0 Å². The van der Waals surface area contributed by atoms with Crippen LogP contribution in [0.3, 0.4) is 0 Å². The highest BCUT2D eigenvalue weighted by molar-refractivity contribution is 7.99. The number of rotatable bonds is 5. The van der Waals surface area contributed by atoms with Crippen molar-refractivity contribution in [2.24, 2.45) is 0 Å². The van der Waals surface area contributed by atoms with Gasteiger partial charge in [0.15, 0.2) is 0 Å². The Hall–Kier alpha value is -0.760. The molecule has 0 spiro atoms. The van der Waals surface area contributed by atoms with Gasteiger partial charge >= 0.3 is 0 Å². The lowest BCUT2D eigenvalue weighted by atomic mass is 9.86. The molecule has 0 unspecified atom stereocenters. The van der Waals surface area contributed by atoms with Crippen LogP contribution in [0, 0.1) is 0 Å². The number of thioether (sulfide) groups is 1. The fourth-order valence-corrected chi connectivity index (χ4v) is 3.99. The third-order valence-electron chi connectivity index (χ3n) is 3.61. The molecule has 92 valence electrons. The van der Waals surface area contributed by atoms with Gasteiger partial charge in [-0.2, -0.15) is 0 Å². The van der Waals surface area contributed by atoms with Crippen LogP contribution in [0.2, 0.25) is 0 Å². The van der Waals surface area contributed by atoms with E-state index in [0.717, 1.165) is 18.5 Å². The van der Waals surface area contributed by atoms with Gasteiger partial charge in [-0.25, -0.2) is 0 Å². The van der Waals surface area contributed by atoms with Gasteiger partial charge in [-0.05, 0) is 18.4 Å². The van der Waals surface area contributed by atoms with Crippen LogP contribution in [0.1, 0.15) is 44.1 Å². The zero-order chi connectivity index (χ0) is 12.0. The van der Waals surface area contributed by atoms with Gasteiger partial charge in [-0.3, -0.25) is 0 Å². The molecule has 0 amide bonds. The molecular weight excluding hydrogens is 228 g/mol. The average molecular weight is 248 g/mol. The van der Waals surface area contributed by atoms with Crippen molar-refractivity contribution in [2.75, 3.05) is 0 Å². The van der Waals surface area contributed by atoms with E-state index in [1.807, 2.05) is 11.8 Å². The monoisotopic (exact) mass is 248 g/mol. The van der Waals surface area contributed by atoms with Gasteiger partial charge in [-0.1, -0.05) is 49.6 Å². The van der Waals surface area contributed by atoms with Crippen LogP contribution in [0.4, 0.5) is 0 Å². The lowest BCUT2D eigenvalue weighted by Crippen LogP contribution is -2.28. The summed E-state index contributed by atoms with van der Waals surface area (Å²) in [5, 5.41) is 0. The Bertz CT molecular complexity index is 341. The summed E-state index contributed by atoms with van der Waals surface area (Å²) in [4.78, 5) is 10.9. The van der Waals surface area contributed by atoms with Crippen LogP contribution in [-0.4, -0.2) is 11.0 Å². The van der Waals surface area contributed by atoms with Gasteiger partial charge in [0.1, 0.15) is 6.29 Å². The standard InChI is InChI=1S/C15H20OS/c16-12-11-15(9-5-2-6-10-15)17-13-14-7-3-1-4-8-14/h1,3-4,7-8,12H,2,5-6,9-11,13H2. The van der Waals surface area contributed by atoms with E-state index in [-0.39, 0.29) is 4.75 Å². The number of hydrogen-bond donors (Lipinski definition) is 0. The molecule has 0 radical (unpaired) electrons. The minimum atomic E-state index is 0.232. The predicted molar refractivity (Wildman–Crippen MR) is 74.2 cm³/mol. The Labute approximate surface area is 108 Å². The molecule has 0 N–H and O–H groups in total. The van der Waals surface area contributed by atoms with Crippen molar-refractivity contribution < 1.29 is 4.79 Å². The lowest BCUT2D eigenvalue weighted by molar-refractivity contribution is -0.108. The SMILES string of the molecule is O=CCC1(SCc2ccccc2)CCCCC1. The molecule has 1 aliphatic rings. The first-order valence-corrected chi connectivity index (χ1v) is 7.45. The van der Waals surface area contributed by atoms with E-state index in [1.54, 1.807) is 0 Å². The first kappa shape index (κ1) is 12.7. The van der Waals surface area contributed by atoms with Crippen molar-refractivity contribution in [3.8, 4) is 0 Å². The smallest absolute Gasteiger partial charge is 0.121 e. The van der Waals surface area contributed by atoms with E-state index in [4.69, 9.17) is 0 Å². The Morgan fingerprint density at radius 3 is 2.47 bits per heavy atom. The lowest BCUT2D eigenvalue weighted by Gasteiger charge is -2.35. The predicted octanol–water partition coefficient (Wildman–Crippen LogP) is 4.21. The maximum atomic E-state index is 10.9. The molecule has 1 aromatic rings. The first-order valence-electron chi connectivity index (χ1n) is 6.46. The molecule has 0 atom stereocenters. The van der Waals surface area contributed by atoms with Gasteiger partial charge in [-0.15, -0.1) is 11.8 Å². The summed E-state index contributed by atoms with van der Waals surface area (Å²) in [5.74, 6) is 1.04. The molecule has 1 nitrogen and oxygen atoms in total. The molecule has 0 heterocycles. The highest BCUT2D eigenvalue weighted by atomic mass is 32.2. The fourth-order valence-electron chi connectivity index (χ4n) is 2.57. The normalized spacial score (nSPS) is 18.8.